The normalized spacial score (nSPS) is 11.7. The van der Waals surface area contributed by atoms with Gasteiger partial charge in [0, 0.05) is 24.7 Å². The smallest absolute Gasteiger partial charge is 0.389 e. The van der Waals surface area contributed by atoms with Gasteiger partial charge in [-0.15, -0.1) is 0 Å². The molecule has 0 aliphatic rings. The van der Waals surface area contributed by atoms with E-state index in [1.165, 1.54) is 43.4 Å². The standard InChI is InChI=1S/C18H14F4N2O2/c1-23-16(25)14-13-7-6-12(8-9-18(20,21)22)24-17(13)26-15(14)10-2-4-11(19)5-3-10/h2-7H,8-9H2,1H3,(H,23,25). The topological polar surface area (TPSA) is 55.1 Å². The second-order valence-corrected chi connectivity index (χ2v) is 5.66. The van der Waals surface area contributed by atoms with Crippen LogP contribution in [0.5, 0.6) is 0 Å². The fourth-order valence-corrected chi connectivity index (χ4v) is 2.58. The SMILES string of the molecule is CNC(=O)c1c(-c2ccc(F)cc2)oc2nc(CCC(F)(F)F)ccc12. The number of halogens is 4. The lowest BCUT2D eigenvalue weighted by molar-refractivity contribution is -0.134. The Morgan fingerprint density at radius 1 is 1.15 bits per heavy atom. The summed E-state index contributed by atoms with van der Waals surface area (Å²) in [5, 5.41) is 2.87. The summed E-state index contributed by atoms with van der Waals surface area (Å²) in [6.45, 7) is 0. The van der Waals surface area contributed by atoms with Crippen molar-refractivity contribution in [2.45, 2.75) is 19.0 Å². The van der Waals surface area contributed by atoms with E-state index >= 15 is 0 Å². The fraction of sp³-hybridized carbons (Fsp3) is 0.222. The number of rotatable bonds is 4. The highest BCUT2D eigenvalue weighted by atomic mass is 19.4. The molecule has 26 heavy (non-hydrogen) atoms. The number of aromatic nitrogens is 1. The molecule has 0 unspecified atom stereocenters. The van der Waals surface area contributed by atoms with Crippen LogP contribution in [0.2, 0.25) is 0 Å². The average Bonchev–Trinajstić information content (AvgIpc) is 2.98. The number of alkyl halides is 3. The molecule has 0 aliphatic carbocycles. The van der Waals surface area contributed by atoms with E-state index < -0.39 is 24.3 Å². The number of nitrogens with zero attached hydrogens (tertiary/aromatic N) is 1. The first kappa shape index (κ1) is 17.9. The molecule has 2 aromatic heterocycles. The van der Waals surface area contributed by atoms with Crippen molar-refractivity contribution in [3.05, 3.63) is 53.5 Å². The molecule has 1 amide bonds. The summed E-state index contributed by atoms with van der Waals surface area (Å²) in [4.78, 5) is 16.4. The Bertz CT molecular complexity index is 946. The van der Waals surface area contributed by atoms with E-state index in [0.717, 1.165) is 0 Å². The van der Waals surface area contributed by atoms with E-state index in [0.29, 0.717) is 10.9 Å². The van der Waals surface area contributed by atoms with Gasteiger partial charge in [-0.25, -0.2) is 9.37 Å². The van der Waals surface area contributed by atoms with Crippen molar-refractivity contribution < 1.29 is 26.8 Å². The molecule has 0 aliphatic heterocycles. The van der Waals surface area contributed by atoms with Crippen LogP contribution in [-0.4, -0.2) is 24.1 Å². The number of furan rings is 1. The number of hydrogen-bond acceptors (Lipinski definition) is 3. The number of hydrogen-bond donors (Lipinski definition) is 1. The number of fused-ring (bicyclic) bond motifs is 1. The average molecular weight is 366 g/mol. The summed E-state index contributed by atoms with van der Waals surface area (Å²) in [6, 6.07) is 8.28. The van der Waals surface area contributed by atoms with Crippen LogP contribution in [0.1, 0.15) is 22.5 Å². The molecule has 136 valence electrons. The molecule has 1 N–H and O–H groups in total. The molecule has 0 bridgehead atoms. The van der Waals surface area contributed by atoms with Crippen molar-refractivity contribution in [3.63, 3.8) is 0 Å². The number of aryl methyl sites for hydroxylation is 1. The highest BCUT2D eigenvalue weighted by molar-refractivity contribution is 6.10. The van der Waals surface area contributed by atoms with Crippen LogP contribution >= 0.6 is 0 Å². The molecule has 0 saturated heterocycles. The summed E-state index contributed by atoms with van der Waals surface area (Å²) in [7, 11) is 1.45. The van der Waals surface area contributed by atoms with E-state index in [9.17, 15) is 22.4 Å². The van der Waals surface area contributed by atoms with Crippen molar-refractivity contribution in [3.8, 4) is 11.3 Å². The van der Waals surface area contributed by atoms with Gasteiger partial charge in [-0.2, -0.15) is 13.2 Å². The first-order valence-electron chi connectivity index (χ1n) is 7.75. The molecule has 8 heteroatoms. The third-order valence-electron chi connectivity index (χ3n) is 3.84. The number of nitrogens with one attached hydrogen (secondary N) is 1. The van der Waals surface area contributed by atoms with Crippen LogP contribution in [0.25, 0.3) is 22.4 Å². The van der Waals surface area contributed by atoms with Gasteiger partial charge in [0.25, 0.3) is 5.91 Å². The maximum Gasteiger partial charge on any atom is 0.389 e. The van der Waals surface area contributed by atoms with Gasteiger partial charge in [0.1, 0.15) is 11.6 Å². The summed E-state index contributed by atoms with van der Waals surface area (Å²) >= 11 is 0. The van der Waals surface area contributed by atoms with Gasteiger partial charge in [-0.05, 0) is 42.8 Å². The van der Waals surface area contributed by atoms with Gasteiger partial charge in [0.15, 0.2) is 0 Å². The van der Waals surface area contributed by atoms with Gasteiger partial charge in [-0.1, -0.05) is 0 Å². The van der Waals surface area contributed by atoms with Gasteiger partial charge in [0.05, 0.1) is 10.9 Å². The van der Waals surface area contributed by atoms with Gasteiger partial charge in [0.2, 0.25) is 5.71 Å². The third-order valence-corrected chi connectivity index (χ3v) is 3.84. The van der Waals surface area contributed by atoms with E-state index in [1.807, 2.05) is 0 Å². The van der Waals surface area contributed by atoms with E-state index in [1.54, 1.807) is 0 Å². The lowest BCUT2D eigenvalue weighted by Crippen LogP contribution is -2.18. The second-order valence-electron chi connectivity index (χ2n) is 5.66. The molecule has 2 heterocycles. The van der Waals surface area contributed by atoms with Crippen molar-refractivity contribution >= 4 is 17.0 Å². The van der Waals surface area contributed by atoms with Crippen LogP contribution in [0.4, 0.5) is 17.6 Å². The van der Waals surface area contributed by atoms with E-state index in [-0.39, 0.29) is 29.2 Å². The van der Waals surface area contributed by atoms with Crippen LogP contribution in [0.3, 0.4) is 0 Å². The predicted molar refractivity (Wildman–Crippen MR) is 87.2 cm³/mol. The molecule has 3 aromatic rings. The zero-order chi connectivity index (χ0) is 18.9. The Hall–Kier alpha value is -2.90. The summed E-state index contributed by atoms with van der Waals surface area (Å²) in [5.41, 5.74) is 0.920. The van der Waals surface area contributed by atoms with Crippen molar-refractivity contribution in [2.75, 3.05) is 7.05 Å². The quantitative estimate of drug-likeness (QED) is 0.693. The minimum atomic E-state index is -4.29. The number of pyridine rings is 1. The maximum atomic E-state index is 13.2. The van der Waals surface area contributed by atoms with Crippen LogP contribution in [0, 0.1) is 5.82 Å². The highest BCUT2D eigenvalue weighted by Gasteiger charge is 2.27. The molecule has 0 saturated carbocycles. The fourth-order valence-electron chi connectivity index (χ4n) is 2.58. The van der Waals surface area contributed by atoms with Gasteiger partial charge in [-0.3, -0.25) is 4.79 Å². The molecule has 4 nitrogen and oxygen atoms in total. The lowest BCUT2D eigenvalue weighted by Gasteiger charge is -2.05. The van der Waals surface area contributed by atoms with E-state index in [4.69, 9.17) is 4.42 Å². The Kier molecular flexibility index (Phi) is 4.67. The minimum absolute atomic E-state index is 0.0580. The van der Waals surface area contributed by atoms with Crippen LogP contribution < -0.4 is 5.32 Å². The highest BCUT2D eigenvalue weighted by Crippen LogP contribution is 2.33. The Balaban J connectivity index is 2.08. The summed E-state index contributed by atoms with van der Waals surface area (Å²) in [5.74, 6) is -0.702. The number of amides is 1. The zero-order valence-electron chi connectivity index (χ0n) is 13.7. The lowest BCUT2D eigenvalue weighted by atomic mass is 10.1. The molecule has 1 aromatic carbocycles. The molecular formula is C18H14F4N2O2. The molecule has 3 rings (SSSR count). The molecule has 0 spiro atoms. The first-order valence-corrected chi connectivity index (χ1v) is 7.75. The van der Waals surface area contributed by atoms with Crippen molar-refractivity contribution in [1.29, 1.82) is 0 Å². The third kappa shape index (κ3) is 3.68. The van der Waals surface area contributed by atoms with E-state index in [2.05, 4.69) is 10.3 Å². The van der Waals surface area contributed by atoms with Gasteiger partial charge < -0.3 is 9.73 Å². The van der Waals surface area contributed by atoms with Gasteiger partial charge >= 0.3 is 6.18 Å². The predicted octanol–water partition coefficient (Wildman–Crippen LogP) is 4.49. The number of carbonyl (C=O) groups excluding carboxylic acids is 1. The number of benzene rings is 1. The number of carbonyl (C=O) groups is 1. The zero-order valence-corrected chi connectivity index (χ0v) is 13.7. The van der Waals surface area contributed by atoms with Crippen LogP contribution in [0.15, 0.2) is 40.8 Å². The maximum absolute atomic E-state index is 13.2. The monoisotopic (exact) mass is 366 g/mol. The van der Waals surface area contributed by atoms with Crippen LogP contribution in [-0.2, 0) is 6.42 Å². The second kappa shape index (κ2) is 6.78. The van der Waals surface area contributed by atoms with Crippen molar-refractivity contribution in [2.24, 2.45) is 0 Å². The summed E-state index contributed by atoms with van der Waals surface area (Å²) in [6.07, 6.45) is -5.58. The van der Waals surface area contributed by atoms with Crippen molar-refractivity contribution in [1.82, 2.24) is 10.3 Å². The largest absolute Gasteiger partial charge is 0.437 e. The summed E-state index contributed by atoms with van der Waals surface area (Å²) < 4.78 is 56.0. The minimum Gasteiger partial charge on any atom is -0.437 e. The Morgan fingerprint density at radius 2 is 1.85 bits per heavy atom. The Labute approximate surface area is 145 Å². The molecule has 0 atom stereocenters. The molecule has 0 fully saturated rings. The first-order chi connectivity index (χ1) is 12.3. The molecule has 0 radical (unpaired) electrons. The Morgan fingerprint density at radius 3 is 2.46 bits per heavy atom. The molecular weight excluding hydrogens is 352 g/mol.